The fourth-order valence-electron chi connectivity index (χ4n) is 2.67. The van der Waals surface area contributed by atoms with Crippen LogP contribution in [0.25, 0.3) is 0 Å². The third kappa shape index (κ3) is 4.60. The monoisotopic (exact) mass is 266 g/mol. The quantitative estimate of drug-likeness (QED) is 0.763. The van der Waals surface area contributed by atoms with Crippen LogP contribution in [0.4, 0.5) is 0 Å². The molecular formula is C14H26N4O. The van der Waals surface area contributed by atoms with Crippen LogP contribution in [0.5, 0.6) is 0 Å². The lowest BCUT2D eigenvalue weighted by atomic mass is 9.96. The molecule has 0 bridgehead atoms. The maximum atomic E-state index is 8.87. The average Bonchev–Trinajstić information content (AvgIpc) is 2.86. The van der Waals surface area contributed by atoms with Crippen molar-refractivity contribution in [2.45, 2.75) is 32.9 Å². The predicted molar refractivity (Wildman–Crippen MR) is 75.9 cm³/mol. The first-order valence-electron chi connectivity index (χ1n) is 7.37. The highest BCUT2D eigenvalue weighted by Gasteiger charge is 2.19. The van der Waals surface area contributed by atoms with Gasteiger partial charge in [0.05, 0.1) is 19.3 Å². The highest BCUT2D eigenvalue weighted by Crippen LogP contribution is 2.18. The van der Waals surface area contributed by atoms with E-state index in [1.165, 1.54) is 38.0 Å². The van der Waals surface area contributed by atoms with E-state index in [4.69, 9.17) is 5.11 Å². The molecule has 1 aromatic heterocycles. The molecule has 0 atom stereocenters. The molecule has 0 unspecified atom stereocenters. The summed E-state index contributed by atoms with van der Waals surface area (Å²) in [5, 5.41) is 16.6. The zero-order valence-corrected chi connectivity index (χ0v) is 11.9. The number of nitrogens with one attached hydrogen (secondary N) is 1. The molecule has 0 aromatic carbocycles. The zero-order chi connectivity index (χ0) is 13.5. The molecule has 0 radical (unpaired) electrons. The van der Waals surface area contributed by atoms with Crippen molar-refractivity contribution < 1.29 is 5.11 Å². The molecule has 108 valence electrons. The molecule has 1 fully saturated rings. The van der Waals surface area contributed by atoms with Gasteiger partial charge in [0.2, 0.25) is 0 Å². The first kappa shape index (κ1) is 14.5. The van der Waals surface area contributed by atoms with Gasteiger partial charge in [0.25, 0.3) is 0 Å². The van der Waals surface area contributed by atoms with Crippen molar-refractivity contribution >= 4 is 0 Å². The highest BCUT2D eigenvalue weighted by molar-refractivity contribution is 5.03. The van der Waals surface area contributed by atoms with E-state index in [1.807, 2.05) is 17.1 Å². The van der Waals surface area contributed by atoms with E-state index in [1.54, 1.807) is 0 Å². The number of piperidine rings is 1. The molecule has 1 aromatic rings. The molecule has 5 heteroatoms. The van der Waals surface area contributed by atoms with Crippen LogP contribution in [0.1, 0.15) is 25.3 Å². The minimum atomic E-state index is 0.150. The molecule has 0 aliphatic carbocycles. The fourth-order valence-corrected chi connectivity index (χ4v) is 2.67. The van der Waals surface area contributed by atoms with E-state index in [9.17, 15) is 0 Å². The lowest BCUT2D eigenvalue weighted by Crippen LogP contribution is -2.36. The van der Waals surface area contributed by atoms with Gasteiger partial charge in [-0.2, -0.15) is 5.10 Å². The van der Waals surface area contributed by atoms with Crippen LogP contribution in [0.15, 0.2) is 12.4 Å². The van der Waals surface area contributed by atoms with E-state index in [0.717, 1.165) is 19.0 Å². The van der Waals surface area contributed by atoms with Crippen LogP contribution in [0.3, 0.4) is 0 Å². The zero-order valence-electron chi connectivity index (χ0n) is 11.9. The number of aliphatic hydroxyl groups excluding tert-OH is 1. The van der Waals surface area contributed by atoms with Gasteiger partial charge in [-0.3, -0.25) is 9.58 Å². The lowest BCUT2D eigenvalue weighted by Gasteiger charge is -2.31. The Hall–Kier alpha value is -0.910. The van der Waals surface area contributed by atoms with Crippen LogP contribution in [-0.4, -0.2) is 52.6 Å². The van der Waals surface area contributed by atoms with Gasteiger partial charge in [-0.15, -0.1) is 0 Å². The third-order valence-corrected chi connectivity index (χ3v) is 3.81. The van der Waals surface area contributed by atoms with Crippen molar-refractivity contribution in [3.63, 3.8) is 0 Å². The second-order valence-corrected chi connectivity index (χ2v) is 5.36. The Bertz CT molecular complexity index is 358. The summed E-state index contributed by atoms with van der Waals surface area (Å²) in [5.74, 6) is 0.841. The predicted octanol–water partition coefficient (Wildman–Crippen LogP) is 0.697. The summed E-state index contributed by atoms with van der Waals surface area (Å²) in [7, 11) is 0. The van der Waals surface area contributed by atoms with Gasteiger partial charge in [0, 0.05) is 18.3 Å². The van der Waals surface area contributed by atoms with Crippen LogP contribution >= 0.6 is 0 Å². The normalized spacial score (nSPS) is 18.0. The van der Waals surface area contributed by atoms with E-state index < -0.39 is 0 Å². The summed E-state index contributed by atoms with van der Waals surface area (Å²) in [6.45, 7) is 8.49. The Kier molecular flexibility index (Phi) is 5.82. The summed E-state index contributed by atoms with van der Waals surface area (Å²) in [6, 6.07) is 0. The van der Waals surface area contributed by atoms with E-state index in [-0.39, 0.29) is 6.61 Å². The van der Waals surface area contributed by atoms with Crippen molar-refractivity contribution in [3.05, 3.63) is 18.0 Å². The number of aliphatic hydroxyl groups is 1. The Morgan fingerprint density at radius 2 is 2.21 bits per heavy atom. The van der Waals surface area contributed by atoms with Gasteiger partial charge in [-0.25, -0.2) is 0 Å². The second-order valence-electron chi connectivity index (χ2n) is 5.36. The molecule has 5 nitrogen and oxygen atoms in total. The van der Waals surface area contributed by atoms with Gasteiger partial charge >= 0.3 is 0 Å². The van der Waals surface area contributed by atoms with Gasteiger partial charge in [0.15, 0.2) is 0 Å². The second kappa shape index (κ2) is 7.62. The molecule has 0 saturated carbocycles. The highest BCUT2D eigenvalue weighted by atomic mass is 16.3. The van der Waals surface area contributed by atoms with E-state index in [0.29, 0.717) is 6.54 Å². The summed E-state index contributed by atoms with van der Waals surface area (Å²) >= 11 is 0. The largest absolute Gasteiger partial charge is 0.394 e. The summed E-state index contributed by atoms with van der Waals surface area (Å²) in [6.07, 6.45) is 6.54. The van der Waals surface area contributed by atoms with Gasteiger partial charge in [-0.05, 0) is 44.9 Å². The fraction of sp³-hybridized carbons (Fsp3) is 0.786. The maximum Gasteiger partial charge on any atom is 0.0640 e. The van der Waals surface area contributed by atoms with Crippen LogP contribution in [-0.2, 0) is 13.1 Å². The minimum absolute atomic E-state index is 0.150. The van der Waals surface area contributed by atoms with Crippen molar-refractivity contribution in [2.75, 3.05) is 32.8 Å². The minimum Gasteiger partial charge on any atom is -0.394 e. The Balaban J connectivity index is 1.72. The summed E-state index contributed by atoms with van der Waals surface area (Å²) in [4.78, 5) is 2.50. The topological polar surface area (TPSA) is 53.3 Å². The van der Waals surface area contributed by atoms with E-state index >= 15 is 0 Å². The molecule has 0 spiro atoms. The maximum absolute atomic E-state index is 8.87. The average molecular weight is 266 g/mol. The number of aromatic nitrogens is 2. The number of likely N-dealkylation sites (tertiary alicyclic amines) is 1. The first-order chi connectivity index (χ1) is 9.31. The molecule has 2 rings (SSSR count). The Morgan fingerprint density at radius 3 is 2.89 bits per heavy atom. The Labute approximate surface area is 115 Å². The van der Waals surface area contributed by atoms with Crippen LogP contribution in [0.2, 0.25) is 0 Å². The molecular weight excluding hydrogens is 240 g/mol. The van der Waals surface area contributed by atoms with Crippen molar-refractivity contribution in [3.8, 4) is 0 Å². The number of hydrogen-bond donors (Lipinski definition) is 2. The number of hydrogen-bond acceptors (Lipinski definition) is 4. The van der Waals surface area contributed by atoms with Crippen molar-refractivity contribution in [1.82, 2.24) is 20.0 Å². The third-order valence-electron chi connectivity index (χ3n) is 3.81. The van der Waals surface area contributed by atoms with Crippen molar-refractivity contribution in [2.24, 2.45) is 5.92 Å². The molecule has 2 N–H and O–H groups in total. The molecule has 19 heavy (non-hydrogen) atoms. The number of rotatable bonds is 7. The molecule has 0 amide bonds. The van der Waals surface area contributed by atoms with E-state index in [2.05, 4.69) is 22.2 Å². The SMILES string of the molecule is CCNCC1CCN(Cc2cnn(CCO)c2)CC1. The molecule has 1 saturated heterocycles. The summed E-state index contributed by atoms with van der Waals surface area (Å²) < 4.78 is 1.81. The van der Waals surface area contributed by atoms with Gasteiger partial charge in [-0.1, -0.05) is 6.92 Å². The molecule has 1 aliphatic rings. The first-order valence-corrected chi connectivity index (χ1v) is 7.37. The van der Waals surface area contributed by atoms with Crippen LogP contribution < -0.4 is 5.32 Å². The van der Waals surface area contributed by atoms with Crippen LogP contribution in [0, 0.1) is 5.92 Å². The standard InChI is InChI=1S/C14H26N4O/c1-2-15-9-13-3-5-17(6-4-13)11-14-10-16-18(12-14)7-8-19/h10,12-13,15,19H,2-9,11H2,1H3. The molecule has 2 heterocycles. The van der Waals surface area contributed by atoms with Gasteiger partial charge in [0.1, 0.15) is 0 Å². The Morgan fingerprint density at radius 1 is 1.42 bits per heavy atom. The van der Waals surface area contributed by atoms with Gasteiger partial charge < -0.3 is 10.4 Å². The molecule has 1 aliphatic heterocycles. The smallest absolute Gasteiger partial charge is 0.0640 e. The summed E-state index contributed by atoms with van der Waals surface area (Å²) in [5.41, 5.74) is 1.25. The lowest BCUT2D eigenvalue weighted by molar-refractivity contribution is 0.176. The van der Waals surface area contributed by atoms with Crippen molar-refractivity contribution in [1.29, 1.82) is 0 Å². The number of nitrogens with zero attached hydrogens (tertiary/aromatic N) is 3.